The molecule has 1 heterocycles. The standard InChI is InChI=1S/C13H15NO10/c15-4-5-1-2-7(6(3-5)14(21)22)23-13-10(18)8(16)9(17)11(24-13)12(19)20/h1-3,8-11,13,15-18H,4H2,(H,19,20)/t8-,9-,10?,11?,13+/m0/s1. The van der Waals surface area contributed by atoms with Gasteiger partial charge >= 0.3 is 11.7 Å². The molecule has 1 fully saturated rings. The molecule has 24 heavy (non-hydrogen) atoms. The highest BCUT2D eigenvalue weighted by Gasteiger charge is 2.48. The summed E-state index contributed by atoms with van der Waals surface area (Å²) >= 11 is 0. The molecule has 0 amide bonds. The van der Waals surface area contributed by atoms with Crippen molar-refractivity contribution in [2.24, 2.45) is 0 Å². The van der Waals surface area contributed by atoms with Gasteiger partial charge in [-0.2, -0.15) is 0 Å². The summed E-state index contributed by atoms with van der Waals surface area (Å²) in [6.07, 6.45) is -9.27. The summed E-state index contributed by atoms with van der Waals surface area (Å²) in [7, 11) is 0. The molecule has 0 radical (unpaired) electrons. The number of hydrogen-bond acceptors (Lipinski definition) is 9. The van der Waals surface area contributed by atoms with E-state index in [0.717, 1.165) is 12.1 Å². The molecule has 0 aromatic heterocycles. The maximum Gasteiger partial charge on any atom is 0.335 e. The van der Waals surface area contributed by atoms with Gasteiger partial charge in [0.05, 0.1) is 11.5 Å². The van der Waals surface area contributed by atoms with Crippen molar-refractivity contribution in [2.75, 3.05) is 0 Å². The van der Waals surface area contributed by atoms with Crippen molar-refractivity contribution in [3.8, 4) is 5.75 Å². The van der Waals surface area contributed by atoms with Gasteiger partial charge < -0.3 is 35.0 Å². The van der Waals surface area contributed by atoms with Crippen molar-refractivity contribution in [1.29, 1.82) is 0 Å². The maximum absolute atomic E-state index is 11.1. The van der Waals surface area contributed by atoms with Gasteiger partial charge in [-0.25, -0.2) is 4.79 Å². The number of carboxylic acid groups (broad SMARTS) is 1. The van der Waals surface area contributed by atoms with Gasteiger partial charge in [0.25, 0.3) is 0 Å². The number of carboxylic acids is 1. The normalized spacial score (nSPS) is 29.9. The summed E-state index contributed by atoms with van der Waals surface area (Å²) in [6, 6.07) is 3.48. The third kappa shape index (κ3) is 3.44. The first-order valence-corrected chi connectivity index (χ1v) is 6.73. The number of ether oxygens (including phenoxy) is 2. The Morgan fingerprint density at radius 1 is 1.25 bits per heavy atom. The minimum Gasteiger partial charge on any atom is -0.479 e. The quantitative estimate of drug-likeness (QED) is 0.307. The Morgan fingerprint density at radius 2 is 1.92 bits per heavy atom. The molecule has 0 aliphatic carbocycles. The zero-order valence-electron chi connectivity index (χ0n) is 12.1. The Bertz CT molecular complexity index is 635. The second kappa shape index (κ2) is 7.07. The van der Waals surface area contributed by atoms with Crippen LogP contribution < -0.4 is 4.74 Å². The van der Waals surface area contributed by atoms with E-state index in [4.69, 9.17) is 19.7 Å². The van der Waals surface area contributed by atoms with Gasteiger partial charge in [-0.15, -0.1) is 0 Å². The number of aliphatic hydroxyl groups excluding tert-OH is 4. The molecule has 132 valence electrons. The second-order valence-corrected chi connectivity index (χ2v) is 5.07. The average Bonchev–Trinajstić information content (AvgIpc) is 2.55. The first-order chi connectivity index (χ1) is 11.3. The predicted octanol–water partition coefficient (Wildman–Crippen LogP) is -1.64. The Hall–Kier alpha value is -2.31. The Balaban J connectivity index is 2.29. The van der Waals surface area contributed by atoms with E-state index < -0.39 is 53.9 Å². The largest absolute Gasteiger partial charge is 0.479 e. The van der Waals surface area contributed by atoms with E-state index in [1.54, 1.807) is 0 Å². The zero-order chi connectivity index (χ0) is 18.0. The van der Waals surface area contributed by atoms with Gasteiger partial charge in [0.1, 0.15) is 18.3 Å². The summed E-state index contributed by atoms with van der Waals surface area (Å²) in [4.78, 5) is 21.3. The fraction of sp³-hybridized carbons (Fsp3) is 0.462. The van der Waals surface area contributed by atoms with E-state index in [0.29, 0.717) is 0 Å². The summed E-state index contributed by atoms with van der Waals surface area (Å²) in [5.41, 5.74) is -0.317. The molecule has 1 aliphatic heterocycles. The van der Waals surface area contributed by atoms with Crippen LogP contribution in [0.25, 0.3) is 0 Å². The van der Waals surface area contributed by atoms with Gasteiger partial charge in [0.15, 0.2) is 11.9 Å². The number of nitro benzene ring substituents is 1. The van der Waals surface area contributed by atoms with Gasteiger partial charge in [-0.1, -0.05) is 6.07 Å². The molecule has 2 rings (SSSR count). The Kier molecular flexibility index (Phi) is 5.31. The van der Waals surface area contributed by atoms with Gasteiger partial charge in [-0.05, 0) is 11.6 Å². The van der Waals surface area contributed by atoms with E-state index in [2.05, 4.69) is 0 Å². The molecule has 5 atom stereocenters. The first-order valence-electron chi connectivity index (χ1n) is 6.73. The lowest BCUT2D eigenvalue weighted by Gasteiger charge is -2.38. The topological polar surface area (TPSA) is 180 Å². The fourth-order valence-corrected chi connectivity index (χ4v) is 2.18. The summed E-state index contributed by atoms with van der Waals surface area (Å²) < 4.78 is 10.0. The third-order valence-corrected chi connectivity index (χ3v) is 3.46. The second-order valence-electron chi connectivity index (χ2n) is 5.07. The van der Waals surface area contributed by atoms with Crippen LogP contribution in [0.4, 0.5) is 5.69 Å². The highest BCUT2D eigenvalue weighted by Crippen LogP contribution is 2.32. The highest BCUT2D eigenvalue weighted by molar-refractivity contribution is 5.73. The predicted molar refractivity (Wildman–Crippen MR) is 74.0 cm³/mol. The molecule has 11 heteroatoms. The van der Waals surface area contributed by atoms with Crippen LogP contribution in [0.15, 0.2) is 18.2 Å². The Morgan fingerprint density at radius 3 is 2.46 bits per heavy atom. The number of nitro groups is 1. The maximum atomic E-state index is 11.1. The van der Waals surface area contributed by atoms with Crippen LogP contribution in [0, 0.1) is 10.1 Å². The molecule has 11 nitrogen and oxygen atoms in total. The van der Waals surface area contributed by atoms with E-state index in [-0.39, 0.29) is 11.3 Å². The monoisotopic (exact) mass is 345 g/mol. The molecule has 1 aliphatic rings. The number of hydrogen-bond donors (Lipinski definition) is 5. The van der Waals surface area contributed by atoms with E-state index in [1.807, 2.05) is 0 Å². The molecule has 2 unspecified atom stereocenters. The van der Waals surface area contributed by atoms with Crippen LogP contribution >= 0.6 is 0 Å². The zero-order valence-corrected chi connectivity index (χ0v) is 12.1. The minimum atomic E-state index is -1.90. The third-order valence-electron chi connectivity index (χ3n) is 3.46. The molecule has 0 spiro atoms. The van der Waals surface area contributed by atoms with Crippen LogP contribution in [0.1, 0.15) is 5.56 Å². The van der Waals surface area contributed by atoms with Crippen molar-refractivity contribution in [1.82, 2.24) is 0 Å². The van der Waals surface area contributed by atoms with Crippen LogP contribution in [0.5, 0.6) is 5.75 Å². The molecule has 1 aromatic rings. The van der Waals surface area contributed by atoms with E-state index in [9.17, 15) is 30.2 Å². The van der Waals surface area contributed by atoms with Gasteiger partial charge in [0, 0.05) is 6.07 Å². The van der Waals surface area contributed by atoms with Gasteiger partial charge in [0.2, 0.25) is 6.29 Å². The van der Waals surface area contributed by atoms with Crippen molar-refractivity contribution in [3.05, 3.63) is 33.9 Å². The summed E-state index contributed by atoms with van der Waals surface area (Å²) in [5, 5.41) is 58.1. The average molecular weight is 345 g/mol. The lowest BCUT2D eigenvalue weighted by atomic mass is 9.99. The lowest BCUT2D eigenvalue weighted by molar-refractivity contribution is -0.387. The summed E-state index contributed by atoms with van der Waals surface area (Å²) in [5.74, 6) is -1.97. The number of aliphatic carboxylic acids is 1. The molecular weight excluding hydrogens is 330 g/mol. The number of nitrogens with zero attached hydrogens (tertiary/aromatic N) is 1. The minimum absolute atomic E-state index is 0.234. The number of carbonyl (C=O) groups is 1. The molecule has 1 aromatic carbocycles. The van der Waals surface area contributed by atoms with Crippen LogP contribution in [-0.2, 0) is 16.1 Å². The summed E-state index contributed by atoms with van der Waals surface area (Å²) in [6.45, 7) is -0.449. The SMILES string of the molecule is O=C(O)C1O[C@@H](Oc2ccc(CO)cc2[N+](=O)[O-])C(O)[C@@H](O)[C@@H]1O. The van der Waals surface area contributed by atoms with E-state index in [1.165, 1.54) is 6.07 Å². The first kappa shape index (κ1) is 18.0. The number of rotatable bonds is 5. The molecule has 5 N–H and O–H groups in total. The lowest BCUT2D eigenvalue weighted by Crippen LogP contribution is -2.61. The highest BCUT2D eigenvalue weighted by atomic mass is 16.7. The smallest absolute Gasteiger partial charge is 0.335 e. The molecule has 0 saturated carbocycles. The Labute approximate surface area is 134 Å². The van der Waals surface area contributed by atoms with Crippen molar-refractivity contribution < 1.29 is 44.7 Å². The van der Waals surface area contributed by atoms with Crippen molar-refractivity contribution in [2.45, 2.75) is 37.3 Å². The number of benzene rings is 1. The fourth-order valence-electron chi connectivity index (χ4n) is 2.18. The van der Waals surface area contributed by atoms with Crippen LogP contribution in [0.3, 0.4) is 0 Å². The number of aliphatic hydroxyl groups is 4. The van der Waals surface area contributed by atoms with Crippen molar-refractivity contribution in [3.63, 3.8) is 0 Å². The van der Waals surface area contributed by atoms with Crippen LogP contribution in [0.2, 0.25) is 0 Å². The molecular formula is C13H15NO10. The van der Waals surface area contributed by atoms with E-state index >= 15 is 0 Å². The molecule has 0 bridgehead atoms. The van der Waals surface area contributed by atoms with Crippen molar-refractivity contribution >= 4 is 11.7 Å². The van der Waals surface area contributed by atoms with Gasteiger partial charge in [-0.3, -0.25) is 10.1 Å². The van der Waals surface area contributed by atoms with Crippen LogP contribution in [-0.4, -0.2) is 67.1 Å². The molecule has 1 saturated heterocycles.